The third-order valence-electron chi connectivity index (χ3n) is 2.02. The molecule has 0 saturated heterocycles. The Bertz CT molecular complexity index is 508. The topological polar surface area (TPSA) is 76.2 Å². The minimum atomic E-state index is -1.03. The number of aromatic carboxylic acids is 1. The molecule has 1 aromatic carbocycles. The Balaban J connectivity index is 2.73. The van der Waals surface area contributed by atoms with E-state index < -0.39 is 5.97 Å². The highest BCUT2D eigenvalue weighted by atomic mass is 16.4. The molecule has 0 bridgehead atoms. The standard InChI is InChI=1S/C10H8N2O2/c11-8-3-1-2-6-4-9(10(13)14)12-5-7(6)8/h1-5H,11H2,(H,13,14). The summed E-state index contributed by atoms with van der Waals surface area (Å²) in [6.07, 6.45) is 1.48. The SMILES string of the molecule is Nc1cccc2cc(C(=O)O)ncc12. The van der Waals surface area contributed by atoms with Crippen LogP contribution in [0.3, 0.4) is 0 Å². The number of anilines is 1. The predicted octanol–water partition coefficient (Wildman–Crippen LogP) is 1.52. The quantitative estimate of drug-likeness (QED) is 0.665. The molecule has 0 unspecified atom stereocenters. The maximum atomic E-state index is 10.6. The number of carbonyl (C=O) groups is 1. The van der Waals surface area contributed by atoms with Gasteiger partial charge in [0, 0.05) is 17.3 Å². The smallest absolute Gasteiger partial charge is 0.354 e. The normalized spacial score (nSPS) is 10.3. The molecule has 0 aliphatic rings. The van der Waals surface area contributed by atoms with Crippen LogP contribution in [0.25, 0.3) is 10.8 Å². The van der Waals surface area contributed by atoms with Crippen LogP contribution < -0.4 is 5.73 Å². The van der Waals surface area contributed by atoms with E-state index in [0.29, 0.717) is 5.69 Å². The van der Waals surface area contributed by atoms with Gasteiger partial charge in [0.2, 0.25) is 0 Å². The van der Waals surface area contributed by atoms with Crippen molar-refractivity contribution in [1.82, 2.24) is 4.98 Å². The number of rotatable bonds is 1. The van der Waals surface area contributed by atoms with Crippen molar-refractivity contribution in [3.63, 3.8) is 0 Å². The van der Waals surface area contributed by atoms with Gasteiger partial charge in [-0.1, -0.05) is 12.1 Å². The van der Waals surface area contributed by atoms with Gasteiger partial charge in [-0.15, -0.1) is 0 Å². The lowest BCUT2D eigenvalue weighted by Gasteiger charge is -2.01. The van der Waals surface area contributed by atoms with Gasteiger partial charge in [-0.2, -0.15) is 0 Å². The Kier molecular flexibility index (Phi) is 1.81. The summed E-state index contributed by atoms with van der Waals surface area (Å²) < 4.78 is 0. The highest BCUT2D eigenvalue weighted by Gasteiger charge is 2.05. The van der Waals surface area contributed by atoms with Crippen molar-refractivity contribution >= 4 is 22.4 Å². The van der Waals surface area contributed by atoms with Gasteiger partial charge in [0.15, 0.2) is 0 Å². The number of nitrogens with zero attached hydrogens (tertiary/aromatic N) is 1. The molecule has 0 radical (unpaired) electrons. The van der Waals surface area contributed by atoms with Crippen LogP contribution in [0, 0.1) is 0 Å². The van der Waals surface area contributed by atoms with E-state index in [4.69, 9.17) is 10.8 Å². The van der Waals surface area contributed by atoms with E-state index in [2.05, 4.69) is 4.98 Å². The molecule has 2 rings (SSSR count). The highest BCUT2D eigenvalue weighted by molar-refractivity contribution is 5.96. The zero-order valence-electron chi connectivity index (χ0n) is 7.27. The van der Waals surface area contributed by atoms with Gasteiger partial charge in [-0.05, 0) is 17.5 Å². The minimum absolute atomic E-state index is 0.0306. The van der Waals surface area contributed by atoms with Gasteiger partial charge >= 0.3 is 5.97 Å². The molecule has 0 fully saturated rings. The minimum Gasteiger partial charge on any atom is -0.477 e. The fourth-order valence-corrected chi connectivity index (χ4v) is 1.31. The Morgan fingerprint density at radius 1 is 1.43 bits per heavy atom. The van der Waals surface area contributed by atoms with Gasteiger partial charge in [0.25, 0.3) is 0 Å². The summed E-state index contributed by atoms with van der Waals surface area (Å²) in [6.45, 7) is 0. The van der Waals surface area contributed by atoms with E-state index in [1.165, 1.54) is 12.3 Å². The first kappa shape index (κ1) is 8.50. The fourth-order valence-electron chi connectivity index (χ4n) is 1.31. The summed E-state index contributed by atoms with van der Waals surface area (Å²) in [5.41, 5.74) is 6.33. The first-order chi connectivity index (χ1) is 6.68. The van der Waals surface area contributed by atoms with Gasteiger partial charge in [0.1, 0.15) is 5.69 Å². The van der Waals surface area contributed by atoms with E-state index in [0.717, 1.165) is 10.8 Å². The number of nitrogen functional groups attached to an aromatic ring is 1. The van der Waals surface area contributed by atoms with Gasteiger partial charge in [0.05, 0.1) is 0 Å². The number of carboxylic acids is 1. The molecule has 0 amide bonds. The zero-order chi connectivity index (χ0) is 10.1. The Hall–Kier alpha value is -2.10. The Labute approximate surface area is 80.0 Å². The van der Waals surface area contributed by atoms with Crippen LogP contribution in [0.2, 0.25) is 0 Å². The first-order valence-corrected chi connectivity index (χ1v) is 4.06. The lowest BCUT2D eigenvalue weighted by atomic mass is 10.1. The molecule has 2 aromatic rings. The van der Waals surface area contributed by atoms with Gasteiger partial charge in [-0.25, -0.2) is 9.78 Å². The maximum Gasteiger partial charge on any atom is 0.354 e. The van der Waals surface area contributed by atoms with Crippen LogP contribution in [-0.4, -0.2) is 16.1 Å². The average molecular weight is 188 g/mol. The monoisotopic (exact) mass is 188 g/mol. The fraction of sp³-hybridized carbons (Fsp3) is 0. The zero-order valence-corrected chi connectivity index (χ0v) is 7.27. The number of nitrogens with two attached hydrogens (primary N) is 1. The largest absolute Gasteiger partial charge is 0.477 e. The average Bonchev–Trinajstić information content (AvgIpc) is 2.17. The third kappa shape index (κ3) is 1.26. The molecule has 1 aromatic heterocycles. The molecule has 0 aliphatic heterocycles. The van der Waals surface area contributed by atoms with Crippen LogP contribution in [0.15, 0.2) is 30.5 Å². The summed E-state index contributed by atoms with van der Waals surface area (Å²) in [4.78, 5) is 14.4. The summed E-state index contributed by atoms with van der Waals surface area (Å²) in [7, 11) is 0. The van der Waals surface area contributed by atoms with E-state index >= 15 is 0 Å². The van der Waals surface area contributed by atoms with E-state index in [9.17, 15) is 4.79 Å². The summed E-state index contributed by atoms with van der Waals surface area (Å²) in [5, 5.41) is 10.3. The molecular weight excluding hydrogens is 180 g/mol. The number of benzene rings is 1. The molecule has 0 aliphatic carbocycles. The second-order valence-corrected chi connectivity index (χ2v) is 2.94. The third-order valence-corrected chi connectivity index (χ3v) is 2.02. The lowest BCUT2D eigenvalue weighted by Crippen LogP contribution is -1.99. The Morgan fingerprint density at radius 3 is 2.93 bits per heavy atom. The summed E-state index contributed by atoms with van der Waals surface area (Å²) in [5.74, 6) is -1.03. The van der Waals surface area contributed by atoms with E-state index in [-0.39, 0.29) is 5.69 Å². The molecule has 0 spiro atoms. The van der Waals surface area contributed by atoms with Crippen molar-refractivity contribution < 1.29 is 9.90 Å². The second-order valence-electron chi connectivity index (χ2n) is 2.94. The van der Waals surface area contributed by atoms with Crippen LogP contribution in [0.1, 0.15) is 10.5 Å². The molecule has 3 N–H and O–H groups in total. The number of hydrogen-bond acceptors (Lipinski definition) is 3. The molecule has 0 atom stereocenters. The molecule has 0 saturated carbocycles. The van der Waals surface area contributed by atoms with Gasteiger partial charge in [-0.3, -0.25) is 0 Å². The molecule has 4 nitrogen and oxygen atoms in total. The first-order valence-electron chi connectivity index (χ1n) is 4.06. The maximum absolute atomic E-state index is 10.6. The molecular formula is C10H8N2O2. The van der Waals surface area contributed by atoms with E-state index in [1.807, 2.05) is 0 Å². The van der Waals surface area contributed by atoms with Crippen LogP contribution >= 0.6 is 0 Å². The molecule has 4 heteroatoms. The number of hydrogen-bond donors (Lipinski definition) is 2. The van der Waals surface area contributed by atoms with Crippen molar-refractivity contribution in [3.8, 4) is 0 Å². The van der Waals surface area contributed by atoms with E-state index in [1.54, 1.807) is 18.2 Å². The number of pyridine rings is 1. The lowest BCUT2D eigenvalue weighted by molar-refractivity contribution is 0.0691. The van der Waals surface area contributed by atoms with Crippen molar-refractivity contribution in [2.24, 2.45) is 0 Å². The van der Waals surface area contributed by atoms with Crippen molar-refractivity contribution in [2.75, 3.05) is 5.73 Å². The van der Waals surface area contributed by atoms with Gasteiger partial charge < -0.3 is 10.8 Å². The second kappa shape index (κ2) is 2.99. The van der Waals surface area contributed by atoms with Crippen molar-refractivity contribution in [3.05, 3.63) is 36.2 Å². The summed E-state index contributed by atoms with van der Waals surface area (Å²) in [6, 6.07) is 6.85. The van der Waals surface area contributed by atoms with Crippen molar-refractivity contribution in [2.45, 2.75) is 0 Å². The summed E-state index contributed by atoms with van der Waals surface area (Å²) >= 11 is 0. The van der Waals surface area contributed by atoms with Crippen LogP contribution in [0.5, 0.6) is 0 Å². The number of carboxylic acid groups (broad SMARTS) is 1. The van der Waals surface area contributed by atoms with Crippen LogP contribution in [-0.2, 0) is 0 Å². The molecule has 1 heterocycles. The molecule has 14 heavy (non-hydrogen) atoms. The number of aromatic nitrogens is 1. The highest BCUT2D eigenvalue weighted by Crippen LogP contribution is 2.20. The molecule has 70 valence electrons. The number of fused-ring (bicyclic) bond motifs is 1. The Morgan fingerprint density at radius 2 is 2.21 bits per heavy atom. The van der Waals surface area contributed by atoms with Crippen LogP contribution in [0.4, 0.5) is 5.69 Å². The van der Waals surface area contributed by atoms with Crippen molar-refractivity contribution in [1.29, 1.82) is 0 Å². The predicted molar refractivity (Wildman–Crippen MR) is 53.1 cm³/mol.